The molecule has 0 aromatic heterocycles. The van der Waals surface area contributed by atoms with Gasteiger partial charge in [0.25, 0.3) is 0 Å². The highest BCUT2D eigenvalue weighted by Crippen LogP contribution is 2.30. The van der Waals surface area contributed by atoms with E-state index in [1.807, 2.05) is 0 Å². The summed E-state index contributed by atoms with van der Waals surface area (Å²) in [6.45, 7) is 2.73. The van der Waals surface area contributed by atoms with Gasteiger partial charge < -0.3 is 65.1 Å². The van der Waals surface area contributed by atoms with Crippen molar-refractivity contribution in [2.24, 2.45) is 0 Å². The molecule has 438 valence electrons. The maximum absolute atomic E-state index is 13.2. The highest BCUT2D eigenvalue weighted by molar-refractivity contribution is 5.76. The van der Waals surface area contributed by atoms with Crippen molar-refractivity contribution < 1.29 is 64.6 Å². The van der Waals surface area contributed by atoms with E-state index in [0.29, 0.717) is 12.8 Å². The van der Waals surface area contributed by atoms with Crippen LogP contribution in [0.4, 0.5) is 0 Å². The number of amides is 1. The van der Waals surface area contributed by atoms with Gasteiger partial charge in [0.05, 0.1) is 32.0 Å². The Labute approximate surface area is 454 Å². The number of ether oxygens (including phenoxy) is 4. The summed E-state index contributed by atoms with van der Waals surface area (Å²) < 4.78 is 22.8. The molecule has 2 rings (SSSR count). The average molecular weight is 1070 g/mol. The summed E-state index contributed by atoms with van der Waals surface area (Å²) in [5.41, 5.74) is 0. The van der Waals surface area contributed by atoms with Crippen LogP contribution in [-0.4, -0.2) is 140 Å². The van der Waals surface area contributed by atoms with E-state index >= 15 is 0 Å². The lowest BCUT2D eigenvalue weighted by Gasteiger charge is -2.46. The van der Waals surface area contributed by atoms with Gasteiger partial charge in [0.15, 0.2) is 12.6 Å². The largest absolute Gasteiger partial charge is 0.394 e. The number of allylic oxidation sites excluding steroid dienone is 8. The van der Waals surface area contributed by atoms with E-state index in [0.717, 1.165) is 64.2 Å². The van der Waals surface area contributed by atoms with Crippen LogP contribution in [0.2, 0.25) is 0 Å². The molecule has 14 heteroatoms. The van der Waals surface area contributed by atoms with Crippen LogP contribution in [0.25, 0.3) is 0 Å². The normalized spacial score (nSPS) is 25.4. The Hall–Kier alpha value is -2.05. The number of aliphatic hydroxyl groups is 8. The summed E-state index contributed by atoms with van der Waals surface area (Å²) >= 11 is 0. The molecular weight excluding hydrogens is 955 g/mol. The van der Waals surface area contributed by atoms with E-state index in [2.05, 4.69) is 67.8 Å². The second kappa shape index (κ2) is 46.8. The number of aliphatic hydroxyl groups excluding tert-OH is 8. The second-order valence-corrected chi connectivity index (χ2v) is 21.5. The van der Waals surface area contributed by atoms with Gasteiger partial charge in [0, 0.05) is 6.42 Å². The Kier molecular flexibility index (Phi) is 43.1. The molecule has 9 N–H and O–H groups in total. The molecule has 2 fully saturated rings. The molecule has 0 saturated carbocycles. The van der Waals surface area contributed by atoms with E-state index in [-0.39, 0.29) is 18.9 Å². The maximum atomic E-state index is 13.2. The molecule has 12 atom stereocenters. The van der Waals surface area contributed by atoms with Crippen molar-refractivity contribution in [3.8, 4) is 0 Å². The molecule has 75 heavy (non-hydrogen) atoms. The van der Waals surface area contributed by atoms with Gasteiger partial charge in [-0.15, -0.1) is 0 Å². The first kappa shape index (κ1) is 69.1. The summed E-state index contributed by atoms with van der Waals surface area (Å²) in [4.78, 5) is 13.2. The molecule has 0 radical (unpaired) electrons. The van der Waals surface area contributed by atoms with Gasteiger partial charge in [-0.25, -0.2) is 0 Å². The van der Waals surface area contributed by atoms with Crippen LogP contribution in [0.3, 0.4) is 0 Å². The van der Waals surface area contributed by atoms with Gasteiger partial charge >= 0.3 is 0 Å². The Morgan fingerprint density at radius 3 is 1.39 bits per heavy atom. The van der Waals surface area contributed by atoms with Gasteiger partial charge in [-0.05, 0) is 51.4 Å². The Morgan fingerprint density at radius 1 is 0.493 bits per heavy atom. The topological polar surface area (TPSA) is 228 Å². The average Bonchev–Trinajstić information content (AvgIpc) is 3.41. The molecule has 0 spiro atoms. The third-order valence-corrected chi connectivity index (χ3v) is 14.8. The van der Waals surface area contributed by atoms with Crippen LogP contribution >= 0.6 is 0 Å². The van der Waals surface area contributed by atoms with Crippen molar-refractivity contribution in [2.45, 2.75) is 312 Å². The zero-order valence-corrected chi connectivity index (χ0v) is 47.0. The van der Waals surface area contributed by atoms with Gasteiger partial charge in [0.1, 0.15) is 48.8 Å². The molecule has 0 bridgehead atoms. The summed E-state index contributed by atoms with van der Waals surface area (Å²) in [7, 11) is 0. The molecular formula is C61H111NO13. The number of nitrogens with one attached hydrogen (secondary N) is 1. The SMILES string of the molecule is CC/C=C\C/C=C\C/C=C\C/C=C\CCCCC(=O)NC(COC1OC(CO)C(OC2OC(CO)C(O)C(O)C2O)C(O)C1O)C(O)CCCCCCCCCCCCCCCCCCCCCCCCCCCC. The van der Waals surface area contributed by atoms with Gasteiger partial charge in [-0.3, -0.25) is 4.79 Å². The van der Waals surface area contributed by atoms with Crippen LogP contribution in [0.5, 0.6) is 0 Å². The zero-order chi connectivity index (χ0) is 54.6. The predicted molar refractivity (Wildman–Crippen MR) is 300 cm³/mol. The van der Waals surface area contributed by atoms with Gasteiger partial charge in [-0.2, -0.15) is 0 Å². The highest BCUT2D eigenvalue weighted by Gasteiger charge is 2.51. The van der Waals surface area contributed by atoms with Crippen molar-refractivity contribution in [2.75, 3.05) is 19.8 Å². The van der Waals surface area contributed by atoms with Crippen molar-refractivity contribution in [3.05, 3.63) is 48.6 Å². The monoisotopic (exact) mass is 1070 g/mol. The summed E-state index contributed by atoms with van der Waals surface area (Å²) in [5.74, 6) is -0.246. The fourth-order valence-electron chi connectivity index (χ4n) is 9.94. The first-order valence-corrected chi connectivity index (χ1v) is 30.4. The first-order valence-electron chi connectivity index (χ1n) is 30.4. The van der Waals surface area contributed by atoms with Crippen molar-refractivity contribution in [1.82, 2.24) is 5.32 Å². The van der Waals surface area contributed by atoms with Gasteiger partial charge in [-0.1, -0.05) is 229 Å². The van der Waals surface area contributed by atoms with Crippen LogP contribution in [0, 0.1) is 0 Å². The van der Waals surface area contributed by atoms with Crippen LogP contribution < -0.4 is 5.32 Å². The molecule has 14 nitrogen and oxygen atoms in total. The predicted octanol–water partition coefficient (Wildman–Crippen LogP) is 10.4. The van der Waals surface area contributed by atoms with E-state index in [9.17, 15) is 45.6 Å². The highest BCUT2D eigenvalue weighted by atomic mass is 16.7. The number of carbonyl (C=O) groups is 1. The van der Waals surface area contributed by atoms with Crippen molar-refractivity contribution in [1.29, 1.82) is 0 Å². The zero-order valence-electron chi connectivity index (χ0n) is 47.0. The van der Waals surface area contributed by atoms with Crippen molar-refractivity contribution in [3.63, 3.8) is 0 Å². The second-order valence-electron chi connectivity index (χ2n) is 21.5. The molecule has 2 heterocycles. The van der Waals surface area contributed by atoms with Gasteiger partial charge in [0.2, 0.25) is 5.91 Å². The maximum Gasteiger partial charge on any atom is 0.220 e. The quantitative estimate of drug-likeness (QED) is 0.0204. The Morgan fingerprint density at radius 2 is 0.920 bits per heavy atom. The standard InChI is InChI=1S/C61H111NO13/c1-3-5-7-9-11-13-15-17-19-20-21-22-23-24-25-26-27-28-29-31-32-34-36-38-40-42-44-50(65)49(62-53(66)45-43-41-39-37-35-33-30-18-16-14-12-10-8-6-4-2)48-72-60-58(71)56(69)59(52(47-64)74-60)75-61-57(70)55(68)54(67)51(46-63)73-61/h6,8,12,14,18,30,35,37,49-52,54-61,63-65,67-71H,3-5,7,9-11,13,15-17,19-29,31-34,36,38-48H2,1-2H3,(H,62,66)/b8-6-,14-12-,30-18-,37-35-. The van der Waals surface area contributed by atoms with E-state index in [1.54, 1.807) is 0 Å². The third-order valence-electron chi connectivity index (χ3n) is 14.8. The van der Waals surface area contributed by atoms with Crippen LogP contribution in [0.15, 0.2) is 48.6 Å². The number of unbranched alkanes of at least 4 members (excludes halogenated alkanes) is 27. The Bertz CT molecular complexity index is 1440. The number of rotatable bonds is 48. The minimum Gasteiger partial charge on any atom is -0.394 e. The lowest BCUT2D eigenvalue weighted by atomic mass is 9.97. The molecule has 0 aromatic carbocycles. The first-order chi connectivity index (χ1) is 36.6. The smallest absolute Gasteiger partial charge is 0.220 e. The van der Waals surface area contributed by atoms with E-state index in [1.165, 1.54) is 141 Å². The number of hydrogen-bond donors (Lipinski definition) is 9. The van der Waals surface area contributed by atoms with E-state index < -0.39 is 86.8 Å². The Balaban J connectivity index is 1.72. The molecule has 12 unspecified atom stereocenters. The fourth-order valence-corrected chi connectivity index (χ4v) is 9.94. The van der Waals surface area contributed by atoms with Crippen molar-refractivity contribution >= 4 is 5.91 Å². The number of carbonyl (C=O) groups excluding carboxylic acids is 1. The molecule has 0 aromatic rings. The molecule has 2 aliphatic heterocycles. The summed E-state index contributed by atoms with van der Waals surface area (Å²) in [5, 5.41) is 87.2. The molecule has 2 saturated heterocycles. The molecule has 1 amide bonds. The number of hydrogen-bond acceptors (Lipinski definition) is 13. The lowest BCUT2D eigenvalue weighted by Crippen LogP contribution is -2.65. The molecule has 2 aliphatic rings. The summed E-state index contributed by atoms with van der Waals surface area (Å²) in [6, 6.07) is -0.852. The minimum atomic E-state index is -1.79. The van der Waals surface area contributed by atoms with Crippen LogP contribution in [0.1, 0.15) is 239 Å². The molecule has 0 aliphatic carbocycles. The van der Waals surface area contributed by atoms with E-state index in [4.69, 9.17) is 18.9 Å². The minimum absolute atomic E-state index is 0.246. The lowest BCUT2D eigenvalue weighted by molar-refractivity contribution is -0.359. The third kappa shape index (κ3) is 32.6. The summed E-state index contributed by atoms with van der Waals surface area (Å²) in [6.07, 6.45) is 41.3. The van der Waals surface area contributed by atoms with Crippen LogP contribution in [-0.2, 0) is 23.7 Å². The fraction of sp³-hybridized carbons (Fsp3) is 0.852.